The Morgan fingerprint density at radius 3 is 2.76 bits per heavy atom. The quantitative estimate of drug-likeness (QED) is 0.448. The Balaban J connectivity index is 2.02. The van der Waals surface area contributed by atoms with Gasteiger partial charge in [-0.05, 0) is 59.8 Å². The number of ketones is 1. The van der Waals surface area contributed by atoms with Gasteiger partial charge in [0, 0.05) is 29.3 Å². The van der Waals surface area contributed by atoms with E-state index in [-0.39, 0.29) is 11.8 Å². The molecule has 0 radical (unpaired) electrons. The number of esters is 1. The Bertz CT molecular complexity index is 872. The molecule has 1 unspecified atom stereocenters. The van der Waals surface area contributed by atoms with Gasteiger partial charge in [-0.15, -0.1) is 0 Å². The molecule has 6 heteroatoms. The molecule has 3 rings (SSSR count). The van der Waals surface area contributed by atoms with Gasteiger partial charge >= 0.3 is 5.97 Å². The van der Waals surface area contributed by atoms with Gasteiger partial charge in [0.1, 0.15) is 5.75 Å². The zero-order valence-corrected chi connectivity index (χ0v) is 18.9. The lowest BCUT2D eigenvalue weighted by Gasteiger charge is -2.34. The lowest BCUT2D eigenvalue weighted by atomic mass is 9.75. The molecule has 1 aliphatic heterocycles. The topological polar surface area (TPSA) is 64.6 Å². The van der Waals surface area contributed by atoms with Crippen LogP contribution in [0.2, 0.25) is 0 Å². The summed E-state index contributed by atoms with van der Waals surface area (Å²) in [5, 5.41) is 3.32. The van der Waals surface area contributed by atoms with Gasteiger partial charge in [0.15, 0.2) is 5.78 Å². The first-order valence-corrected chi connectivity index (χ1v) is 11.0. The first kappa shape index (κ1) is 21.6. The number of rotatable bonds is 7. The zero-order chi connectivity index (χ0) is 21.0. The van der Waals surface area contributed by atoms with E-state index in [0.29, 0.717) is 29.9 Å². The number of Topliss-reactive ketones (excluding diaryl/α,β-unsaturated/α-hetero) is 1. The highest BCUT2D eigenvalue weighted by molar-refractivity contribution is 9.10. The number of carbonyl (C=O) groups excluding carboxylic acids is 2. The minimum absolute atomic E-state index is 0.0967. The van der Waals surface area contributed by atoms with Crippen LogP contribution in [0, 0.1) is 0 Å². The summed E-state index contributed by atoms with van der Waals surface area (Å²) in [4.78, 5) is 25.9. The van der Waals surface area contributed by atoms with Crippen LogP contribution < -0.4 is 10.1 Å². The van der Waals surface area contributed by atoms with Gasteiger partial charge in [0.2, 0.25) is 0 Å². The molecule has 5 nitrogen and oxygen atoms in total. The van der Waals surface area contributed by atoms with Crippen molar-refractivity contribution in [2.75, 3.05) is 13.7 Å². The maximum absolute atomic E-state index is 13.1. The first-order valence-electron chi connectivity index (χ1n) is 10.2. The number of hydrogen-bond donors (Lipinski definition) is 1. The maximum atomic E-state index is 13.1. The summed E-state index contributed by atoms with van der Waals surface area (Å²) < 4.78 is 11.7. The Hall–Kier alpha value is -2.08. The predicted octanol–water partition coefficient (Wildman–Crippen LogP) is 5.16. The van der Waals surface area contributed by atoms with Gasteiger partial charge in [0.25, 0.3) is 0 Å². The second-order valence-electron chi connectivity index (χ2n) is 7.50. The number of unbranched alkanes of at least 4 members (excludes halogenated alkanes) is 2. The lowest BCUT2D eigenvalue weighted by molar-refractivity contribution is -0.139. The summed E-state index contributed by atoms with van der Waals surface area (Å²) in [5.41, 5.74) is 3.78. The molecule has 0 saturated carbocycles. The van der Waals surface area contributed by atoms with E-state index < -0.39 is 5.92 Å². The standard InChI is InChI=1S/C23H28BrNO4/c1-4-5-6-12-29-23(27)20-14(2)25-17-8-7-9-18(26)22(17)21(20)15-10-11-19(28-3)16(24)13-15/h10-11,13,21,25H,4-9,12H2,1-3H3. The molecule has 1 atom stereocenters. The number of carbonyl (C=O) groups is 2. The van der Waals surface area contributed by atoms with E-state index in [0.717, 1.165) is 53.5 Å². The molecule has 1 aromatic carbocycles. The van der Waals surface area contributed by atoms with Crippen molar-refractivity contribution in [2.45, 2.75) is 58.3 Å². The monoisotopic (exact) mass is 461 g/mol. The van der Waals surface area contributed by atoms with Crippen molar-refractivity contribution in [1.82, 2.24) is 5.32 Å². The molecule has 0 fully saturated rings. The Morgan fingerprint density at radius 1 is 1.28 bits per heavy atom. The van der Waals surface area contributed by atoms with Crippen LogP contribution in [0.4, 0.5) is 0 Å². The van der Waals surface area contributed by atoms with Crippen LogP contribution >= 0.6 is 15.9 Å². The number of hydrogen-bond acceptors (Lipinski definition) is 5. The molecule has 0 spiro atoms. The van der Waals surface area contributed by atoms with Crippen molar-refractivity contribution in [3.63, 3.8) is 0 Å². The summed E-state index contributed by atoms with van der Waals surface area (Å²) in [5.74, 6) is 0.0172. The number of allylic oxidation sites excluding steroid dienone is 3. The number of halogens is 1. The van der Waals surface area contributed by atoms with Crippen LogP contribution in [0.5, 0.6) is 5.75 Å². The molecule has 29 heavy (non-hydrogen) atoms. The maximum Gasteiger partial charge on any atom is 0.336 e. The minimum atomic E-state index is -0.431. The summed E-state index contributed by atoms with van der Waals surface area (Å²) in [6.07, 6.45) is 5.07. The highest BCUT2D eigenvalue weighted by Gasteiger charge is 2.39. The molecule has 2 aliphatic rings. The van der Waals surface area contributed by atoms with Crippen LogP contribution in [0.15, 0.2) is 45.2 Å². The number of methoxy groups -OCH3 is 1. The van der Waals surface area contributed by atoms with Gasteiger partial charge in [-0.3, -0.25) is 4.79 Å². The second-order valence-corrected chi connectivity index (χ2v) is 8.36. The van der Waals surface area contributed by atoms with Crippen LogP contribution in [-0.2, 0) is 14.3 Å². The van der Waals surface area contributed by atoms with Gasteiger partial charge in [-0.1, -0.05) is 25.8 Å². The smallest absolute Gasteiger partial charge is 0.336 e. The van der Waals surface area contributed by atoms with Crippen molar-refractivity contribution in [2.24, 2.45) is 0 Å². The number of nitrogens with one attached hydrogen (secondary N) is 1. The number of ether oxygens (including phenoxy) is 2. The van der Waals surface area contributed by atoms with Crippen LogP contribution in [0.25, 0.3) is 0 Å². The van der Waals surface area contributed by atoms with Gasteiger partial charge < -0.3 is 14.8 Å². The lowest BCUT2D eigenvalue weighted by Crippen LogP contribution is -2.34. The van der Waals surface area contributed by atoms with E-state index in [9.17, 15) is 9.59 Å². The van der Waals surface area contributed by atoms with Gasteiger partial charge in [-0.25, -0.2) is 4.79 Å². The number of benzene rings is 1. The highest BCUT2D eigenvalue weighted by atomic mass is 79.9. The molecule has 1 aliphatic carbocycles. The molecule has 1 heterocycles. The average Bonchev–Trinajstić information content (AvgIpc) is 2.70. The molecule has 0 bridgehead atoms. The third kappa shape index (κ3) is 4.58. The van der Waals surface area contributed by atoms with E-state index in [1.807, 2.05) is 25.1 Å². The van der Waals surface area contributed by atoms with E-state index in [4.69, 9.17) is 9.47 Å². The SMILES string of the molecule is CCCCCOC(=O)C1=C(C)NC2=C(C(=O)CCC2)C1c1ccc(OC)c(Br)c1. The van der Waals surface area contributed by atoms with Crippen molar-refractivity contribution >= 4 is 27.7 Å². The van der Waals surface area contributed by atoms with Crippen LogP contribution in [0.1, 0.15) is 63.9 Å². The Kier molecular flexibility index (Phi) is 7.17. The van der Waals surface area contributed by atoms with E-state index >= 15 is 0 Å². The van der Waals surface area contributed by atoms with Gasteiger partial charge in [0.05, 0.1) is 23.8 Å². The normalized spacial score (nSPS) is 19.0. The summed E-state index contributed by atoms with van der Waals surface area (Å²) in [7, 11) is 1.61. The third-order valence-electron chi connectivity index (χ3n) is 5.49. The molecular formula is C23H28BrNO4. The third-order valence-corrected chi connectivity index (χ3v) is 6.11. The fourth-order valence-corrected chi connectivity index (χ4v) is 4.60. The van der Waals surface area contributed by atoms with Crippen LogP contribution in [0.3, 0.4) is 0 Å². The minimum Gasteiger partial charge on any atom is -0.496 e. The van der Waals surface area contributed by atoms with Crippen molar-refractivity contribution < 1.29 is 19.1 Å². The molecule has 156 valence electrons. The Morgan fingerprint density at radius 2 is 2.07 bits per heavy atom. The summed E-state index contributed by atoms with van der Waals surface area (Å²) in [6, 6.07) is 5.71. The van der Waals surface area contributed by atoms with E-state index in [1.165, 1.54) is 0 Å². The highest BCUT2D eigenvalue weighted by Crippen LogP contribution is 2.43. The molecule has 0 amide bonds. The van der Waals surface area contributed by atoms with Crippen molar-refractivity contribution in [1.29, 1.82) is 0 Å². The Labute approximate surface area is 180 Å². The van der Waals surface area contributed by atoms with E-state index in [1.54, 1.807) is 7.11 Å². The first-order chi connectivity index (χ1) is 14.0. The summed E-state index contributed by atoms with van der Waals surface area (Å²) in [6.45, 7) is 4.39. The van der Waals surface area contributed by atoms with Gasteiger partial charge in [-0.2, -0.15) is 0 Å². The van der Waals surface area contributed by atoms with E-state index in [2.05, 4.69) is 28.2 Å². The zero-order valence-electron chi connectivity index (χ0n) is 17.3. The van der Waals surface area contributed by atoms with Crippen molar-refractivity contribution in [3.8, 4) is 5.75 Å². The van der Waals surface area contributed by atoms with Crippen LogP contribution in [-0.4, -0.2) is 25.5 Å². The average molecular weight is 462 g/mol. The molecule has 1 N–H and O–H groups in total. The number of dihydropyridines is 1. The summed E-state index contributed by atoms with van der Waals surface area (Å²) >= 11 is 3.53. The molecule has 0 aromatic heterocycles. The molecule has 1 aromatic rings. The molecular weight excluding hydrogens is 434 g/mol. The van der Waals surface area contributed by atoms with Crippen molar-refractivity contribution in [3.05, 3.63) is 50.8 Å². The predicted molar refractivity (Wildman–Crippen MR) is 116 cm³/mol. The fraction of sp³-hybridized carbons (Fsp3) is 0.478. The molecule has 0 saturated heterocycles. The fourth-order valence-electron chi connectivity index (χ4n) is 4.04. The second kappa shape index (κ2) is 9.61. The largest absolute Gasteiger partial charge is 0.496 e.